The van der Waals surface area contributed by atoms with Gasteiger partial charge in [0.25, 0.3) is 5.89 Å². The molecule has 0 saturated carbocycles. The second-order valence-electron chi connectivity index (χ2n) is 6.95. The van der Waals surface area contributed by atoms with Crippen LogP contribution in [0.4, 0.5) is 0 Å². The normalized spacial score (nSPS) is 18.1. The van der Waals surface area contributed by atoms with Crippen molar-refractivity contribution in [3.05, 3.63) is 52.1 Å². The molecule has 1 aliphatic rings. The molecule has 27 heavy (non-hydrogen) atoms. The summed E-state index contributed by atoms with van der Waals surface area (Å²) in [5, 5.41) is 13.0. The first-order chi connectivity index (χ1) is 13.0. The summed E-state index contributed by atoms with van der Waals surface area (Å²) in [7, 11) is 2.08. The lowest BCUT2D eigenvalue weighted by atomic mass is 10.1. The van der Waals surface area contributed by atoms with Crippen molar-refractivity contribution in [1.82, 2.24) is 30.1 Å². The second kappa shape index (κ2) is 7.42. The number of aromatic nitrogens is 4. The smallest absolute Gasteiger partial charge is 0.261 e. The van der Waals surface area contributed by atoms with Gasteiger partial charge in [0, 0.05) is 30.4 Å². The van der Waals surface area contributed by atoms with E-state index in [1.165, 1.54) is 0 Å². The Labute approximate surface area is 163 Å². The van der Waals surface area contributed by atoms with Crippen molar-refractivity contribution < 1.29 is 4.52 Å². The standard InChI is InChI=1S/C19H23ClN6O/c1-12-17(13(2)26(23-12)11-14-6-4-5-7-15(14)20)19-22-18(24-27-19)16-10-21-8-9-25(16)3/h4-7,16,21H,8-11H2,1-3H3. The Hall–Kier alpha value is -2.22. The fourth-order valence-electron chi connectivity index (χ4n) is 3.51. The summed E-state index contributed by atoms with van der Waals surface area (Å²) >= 11 is 6.30. The molecule has 1 aromatic carbocycles. The van der Waals surface area contributed by atoms with Crippen molar-refractivity contribution in [2.45, 2.75) is 26.4 Å². The van der Waals surface area contributed by atoms with Crippen molar-refractivity contribution >= 4 is 11.6 Å². The van der Waals surface area contributed by atoms with E-state index in [9.17, 15) is 0 Å². The largest absolute Gasteiger partial charge is 0.334 e. The van der Waals surface area contributed by atoms with E-state index in [1.807, 2.05) is 42.8 Å². The molecule has 3 aromatic rings. The SMILES string of the molecule is Cc1nn(Cc2ccccc2Cl)c(C)c1-c1nc(C2CNCCN2C)no1. The van der Waals surface area contributed by atoms with E-state index in [0.717, 1.165) is 47.2 Å². The summed E-state index contributed by atoms with van der Waals surface area (Å²) in [5.41, 5.74) is 3.77. The van der Waals surface area contributed by atoms with E-state index >= 15 is 0 Å². The van der Waals surface area contributed by atoms with Gasteiger partial charge < -0.3 is 9.84 Å². The van der Waals surface area contributed by atoms with Gasteiger partial charge >= 0.3 is 0 Å². The third-order valence-corrected chi connectivity index (χ3v) is 5.49. The second-order valence-corrected chi connectivity index (χ2v) is 7.36. The molecule has 1 aliphatic heterocycles. The van der Waals surface area contributed by atoms with Crippen LogP contribution in [0, 0.1) is 13.8 Å². The molecule has 2 aromatic heterocycles. The predicted molar refractivity (Wildman–Crippen MR) is 104 cm³/mol. The van der Waals surface area contributed by atoms with Gasteiger partial charge in [-0.1, -0.05) is 35.0 Å². The van der Waals surface area contributed by atoms with Crippen LogP contribution in [-0.2, 0) is 6.54 Å². The molecule has 1 fully saturated rings. The zero-order chi connectivity index (χ0) is 19.0. The molecule has 0 bridgehead atoms. The van der Waals surface area contributed by atoms with E-state index in [-0.39, 0.29) is 6.04 Å². The molecule has 7 nitrogen and oxygen atoms in total. The average Bonchev–Trinajstić information content (AvgIpc) is 3.22. The van der Waals surface area contributed by atoms with Crippen LogP contribution in [-0.4, -0.2) is 51.5 Å². The average molecular weight is 387 g/mol. The van der Waals surface area contributed by atoms with Crippen molar-refractivity contribution in [2.24, 2.45) is 0 Å². The highest BCUT2D eigenvalue weighted by molar-refractivity contribution is 6.31. The van der Waals surface area contributed by atoms with Crippen LogP contribution in [0.5, 0.6) is 0 Å². The molecule has 1 unspecified atom stereocenters. The Kier molecular flexibility index (Phi) is 4.99. The summed E-state index contributed by atoms with van der Waals surface area (Å²) in [6, 6.07) is 7.93. The molecule has 1 N–H and O–H groups in total. The van der Waals surface area contributed by atoms with Gasteiger partial charge in [-0.05, 0) is 32.5 Å². The number of halogens is 1. The van der Waals surface area contributed by atoms with Crippen molar-refractivity contribution in [3.63, 3.8) is 0 Å². The number of rotatable bonds is 4. The molecule has 3 heterocycles. The van der Waals surface area contributed by atoms with Gasteiger partial charge in [-0.15, -0.1) is 0 Å². The molecule has 0 aliphatic carbocycles. The minimum absolute atomic E-state index is 0.120. The minimum atomic E-state index is 0.120. The van der Waals surface area contributed by atoms with Crippen molar-refractivity contribution in [3.8, 4) is 11.5 Å². The molecule has 1 atom stereocenters. The number of hydrogen-bond acceptors (Lipinski definition) is 6. The third kappa shape index (κ3) is 3.50. The lowest BCUT2D eigenvalue weighted by molar-refractivity contribution is 0.190. The first kappa shape index (κ1) is 18.2. The van der Waals surface area contributed by atoms with Crippen LogP contribution in [0.2, 0.25) is 5.02 Å². The van der Waals surface area contributed by atoms with Crippen molar-refractivity contribution in [2.75, 3.05) is 26.7 Å². The third-order valence-electron chi connectivity index (χ3n) is 5.12. The Morgan fingerprint density at radius 2 is 2.11 bits per heavy atom. The van der Waals surface area contributed by atoms with Gasteiger partial charge in [0.15, 0.2) is 5.82 Å². The maximum Gasteiger partial charge on any atom is 0.261 e. The summed E-state index contributed by atoms with van der Waals surface area (Å²) in [4.78, 5) is 6.92. The van der Waals surface area contributed by atoms with E-state index in [1.54, 1.807) is 0 Å². The topological polar surface area (TPSA) is 72.0 Å². The molecular formula is C19H23ClN6O. The maximum atomic E-state index is 6.30. The van der Waals surface area contributed by atoms with E-state index < -0.39 is 0 Å². The van der Waals surface area contributed by atoms with E-state index in [4.69, 9.17) is 16.1 Å². The summed E-state index contributed by atoms with van der Waals surface area (Å²) in [6.07, 6.45) is 0. The zero-order valence-electron chi connectivity index (χ0n) is 15.7. The Morgan fingerprint density at radius 1 is 1.30 bits per heavy atom. The number of likely N-dealkylation sites (N-methyl/N-ethyl adjacent to an activating group) is 1. The van der Waals surface area contributed by atoms with Crippen LogP contribution in [0.1, 0.15) is 28.8 Å². The predicted octanol–water partition coefficient (Wildman–Crippen LogP) is 2.83. The number of aryl methyl sites for hydroxylation is 1. The van der Waals surface area contributed by atoms with Crippen LogP contribution in [0.15, 0.2) is 28.8 Å². The van der Waals surface area contributed by atoms with Crippen molar-refractivity contribution in [1.29, 1.82) is 0 Å². The molecule has 0 radical (unpaired) electrons. The van der Waals surface area contributed by atoms with Gasteiger partial charge in [0.1, 0.15) is 0 Å². The van der Waals surface area contributed by atoms with Gasteiger partial charge in [-0.3, -0.25) is 9.58 Å². The number of nitrogens with one attached hydrogen (secondary N) is 1. The summed E-state index contributed by atoms with van der Waals surface area (Å²) in [6.45, 7) is 7.34. The van der Waals surface area contributed by atoms with Crippen LogP contribution in [0.25, 0.3) is 11.5 Å². The first-order valence-electron chi connectivity index (χ1n) is 9.07. The highest BCUT2D eigenvalue weighted by atomic mass is 35.5. The van der Waals surface area contributed by atoms with Gasteiger partial charge in [0.2, 0.25) is 0 Å². The number of piperazine rings is 1. The number of nitrogens with zero attached hydrogens (tertiary/aromatic N) is 5. The lowest BCUT2D eigenvalue weighted by Gasteiger charge is -2.30. The zero-order valence-corrected chi connectivity index (χ0v) is 16.5. The molecule has 4 rings (SSSR count). The Bertz CT molecular complexity index is 950. The molecule has 8 heteroatoms. The molecule has 0 spiro atoms. The lowest BCUT2D eigenvalue weighted by Crippen LogP contribution is -2.44. The van der Waals surface area contributed by atoms with Gasteiger partial charge in [-0.25, -0.2) is 0 Å². The summed E-state index contributed by atoms with van der Waals surface area (Å²) in [5.74, 6) is 1.22. The van der Waals surface area contributed by atoms with E-state index in [0.29, 0.717) is 18.3 Å². The molecule has 142 valence electrons. The highest BCUT2D eigenvalue weighted by Gasteiger charge is 2.27. The number of benzene rings is 1. The summed E-state index contributed by atoms with van der Waals surface area (Å²) < 4.78 is 7.54. The highest BCUT2D eigenvalue weighted by Crippen LogP contribution is 2.28. The minimum Gasteiger partial charge on any atom is -0.334 e. The van der Waals surface area contributed by atoms with Gasteiger partial charge in [0.05, 0.1) is 23.8 Å². The molecule has 1 saturated heterocycles. The van der Waals surface area contributed by atoms with Crippen LogP contribution in [0.3, 0.4) is 0 Å². The number of hydrogen-bond donors (Lipinski definition) is 1. The quantitative estimate of drug-likeness (QED) is 0.743. The van der Waals surface area contributed by atoms with E-state index in [2.05, 4.69) is 32.5 Å². The fraction of sp³-hybridized carbons (Fsp3) is 0.421. The maximum absolute atomic E-state index is 6.30. The monoisotopic (exact) mass is 386 g/mol. The van der Waals surface area contributed by atoms with Gasteiger partial charge in [-0.2, -0.15) is 10.1 Å². The van der Waals surface area contributed by atoms with Crippen LogP contribution < -0.4 is 5.32 Å². The fourth-order valence-corrected chi connectivity index (χ4v) is 3.71. The molecular weight excluding hydrogens is 364 g/mol. The Morgan fingerprint density at radius 3 is 2.89 bits per heavy atom. The van der Waals surface area contributed by atoms with Crippen LogP contribution >= 0.6 is 11.6 Å². The molecule has 0 amide bonds. The first-order valence-corrected chi connectivity index (χ1v) is 9.44. The Balaban J connectivity index is 1.63.